The molecule has 2 unspecified atom stereocenters. The number of hydrogen-bond acceptors (Lipinski definition) is 3. The van der Waals surface area contributed by atoms with Crippen molar-refractivity contribution in [3.63, 3.8) is 0 Å². The monoisotopic (exact) mass is 271 g/mol. The predicted octanol–water partition coefficient (Wildman–Crippen LogP) is 1.29. The molecule has 20 heavy (non-hydrogen) atoms. The fraction of sp³-hybridized carbons (Fsp3) is 0.267. The Bertz CT molecular complexity index is 597. The summed E-state index contributed by atoms with van der Waals surface area (Å²) in [7, 11) is 0. The van der Waals surface area contributed by atoms with E-state index in [-0.39, 0.29) is 23.7 Å². The Morgan fingerprint density at radius 1 is 1.20 bits per heavy atom. The Hall–Kier alpha value is -2.43. The molecular formula is C15H13NO4. The number of rotatable bonds is 4. The van der Waals surface area contributed by atoms with Gasteiger partial charge in [0.15, 0.2) is 0 Å². The number of carbonyl (C=O) groups is 3. The van der Waals surface area contributed by atoms with Gasteiger partial charge < -0.3 is 5.11 Å². The van der Waals surface area contributed by atoms with Gasteiger partial charge in [-0.25, -0.2) is 4.79 Å². The fourth-order valence-electron chi connectivity index (χ4n) is 2.49. The standard InChI is InChI=1S/C15H13NO4/c17-13(18)6-5-9-1-3-10(4-2-9)8-16-14(19)11-7-12(11)15(16)20/h1-6,11-12H,7-8H2,(H,17,18). The molecule has 0 bridgehead atoms. The summed E-state index contributed by atoms with van der Waals surface area (Å²) in [5, 5.41) is 8.54. The van der Waals surface area contributed by atoms with E-state index >= 15 is 0 Å². The summed E-state index contributed by atoms with van der Waals surface area (Å²) in [6, 6.07) is 7.12. The number of fused-ring (bicyclic) bond motifs is 1. The Morgan fingerprint density at radius 2 is 1.80 bits per heavy atom. The third-order valence-electron chi connectivity index (χ3n) is 3.70. The van der Waals surface area contributed by atoms with Crippen molar-refractivity contribution in [1.82, 2.24) is 4.90 Å². The molecule has 1 aliphatic heterocycles. The summed E-state index contributed by atoms with van der Waals surface area (Å²) < 4.78 is 0. The van der Waals surface area contributed by atoms with E-state index in [1.165, 1.54) is 11.0 Å². The summed E-state index contributed by atoms with van der Waals surface area (Å²) in [6.45, 7) is 0.299. The number of piperidine rings is 1. The smallest absolute Gasteiger partial charge is 0.328 e. The van der Waals surface area contributed by atoms with Gasteiger partial charge in [0.1, 0.15) is 0 Å². The van der Waals surface area contributed by atoms with Crippen LogP contribution in [0.25, 0.3) is 6.08 Å². The van der Waals surface area contributed by atoms with Crippen LogP contribution in [0.1, 0.15) is 17.5 Å². The molecule has 1 aromatic rings. The van der Waals surface area contributed by atoms with Gasteiger partial charge in [-0.1, -0.05) is 24.3 Å². The Labute approximate surface area is 115 Å². The van der Waals surface area contributed by atoms with Crippen molar-refractivity contribution in [2.75, 3.05) is 0 Å². The van der Waals surface area contributed by atoms with E-state index in [0.717, 1.165) is 17.2 Å². The molecule has 5 heteroatoms. The van der Waals surface area contributed by atoms with Crippen LogP contribution in [-0.2, 0) is 20.9 Å². The van der Waals surface area contributed by atoms with Crippen molar-refractivity contribution in [1.29, 1.82) is 0 Å². The van der Waals surface area contributed by atoms with Gasteiger partial charge in [-0.05, 0) is 23.6 Å². The molecule has 0 radical (unpaired) electrons. The van der Waals surface area contributed by atoms with Crippen molar-refractivity contribution >= 4 is 23.9 Å². The zero-order valence-corrected chi connectivity index (χ0v) is 10.7. The number of carbonyl (C=O) groups excluding carboxylic acids is 2. The molecule has 0 aromatic heterocycles. The van der Waals surface area contributed by atoms with Gasteiger partial charge in [-0.3, -0.25) is 14.5 Å². The van der Waals surface area contributed by atoms with Crippen molar-refractivity contribution in [3.05, 3.63) is 41.5 Å². The normalized spacial score (nSPS) is 24.3. The minimum absolute atomic E-state index is 0.0603. The van der Waals surface area contributed by atoms with Crippen LogP contribution >= 0.6 is 0 Å². The van der Waals surface area contributed by atoms with Crippen LogP contribution in [0.2, 0.25) is 0 Å². The molecule has 1 N–H and O–H groups in total. The number of aliphatic carboxylic acids is 1. The highest BCUT2D eigenvalue weighted by atomic mass is 16.4. The predicted molar refractivity (Wildman–Crippen MR) is 70.3 cm³/mol. The topological polar surface area (TPSA) is 74.7 Å². The zero-order chi connectivity index (χ0) is 14.3. The summed E-state index contributed by atoms with van der Waals surface area (Å²) >= 11 is 0. The SMILES string of the molecule is O=C(O)C=Cc1ccc(CN2C(=O)C3CC3C2=O)cc1. The van der Waals surface area contributed by atoms with Gasteiger partial charge in [0.05, 0.1) is 18.4 Å². The third-order valence-corrected chi connectivity index (χ3v) is 3.70. The summed E-state index contributed by atoms with van der Waals surface area (Å²) in [6.07, 6.45) is 3.27. The number of imide groups is 1. The van der Waals surface area contributed by atoms with E-state index in [0.29, 0.717) is 13.0 Å². The van der Waals surface area contributed by atoms with E-state index in [4.69, 9.17) is 5.11 Å². The van der Waals surface area contributed by atoms with E-state index in [2.05, 4.69) is 0 Å². The lowest BCUT2D eigenvalue weighted by Crippen LogP contribution is -2.32. The minimum atomic E-state index is -0.999. The van der Waals surface area contributed by atoms with E-state index in [1.807, 2.05) is 0 Å². The Balaban J connectivity index is 1.68. The molecule has 1 saturated carbocycles. The second-order valence-electron chi connectivity index (χ2n) is 5.12. The average molecular weight is 271 g/mol. The van der Waals surface area contributed by atoms with Crippen LogP contribution in [0.5, 0.6) is 0 Å². The van der Waals surface area contributed by atoms with Crippen LogP contribution in [0.3, 0.4) is 0 Å². The molecule has 5 nitrogen and oxygen atoms in total. The molecule has 102 valence electrons. The quantitative estimate of drug-likeness (QED) is 0.661. The van der Waals surface area contributed by atoms with Crippen LogP contribution in [0.15, 0.2) is 30.3 Å². The Morgan fingerprint density at radius 3 is 2.35 bits per heavy atom. The second kappa shape index (κ2) is 4.59. The molecule has 2 aliphatic rings. The minimum Gasteiger partial charge on any atom is -0.478 e. The first-order valence-electron chi connectivity index (χ1n) is 6.41. The molecule has 1 saturated heterocycles. The number of amides is 2. The molecule has 3 rings (SSSR count). The van der Waals surface area contributed by atoms with Crippen LogP contribution in [0.4, 0.5) is 0 Å². The number of nitrogens with zero attached hydrogens (tertiary/aromatic N) is 1. The van der Waals surface area contributed by atoms with Gasteiger partial charge in [0, 0.05) is 6.08 Å². The molecular weight excluding hydrogens is 258 g/mol. The Kier molecular flexibility index (Phi) is 2.89. The number of carboxylic acids is 1. The maximum Gasteiger partial charge on any atom is 0.328 e. The van der Waals surface area contributed by atoms with Crippen molar-refractivity contribution in [3.8, 4) is 0 Å². The molecule has 2 amide bonds. The largest absolute Gasteiger partial charge is 0.478 e. The number of carboxylic acid groups (broad SMARTS) is 1. The van der Waals surface area contributed by atoms with E-state index in [9.17, 15) is 14.4 Å². The first-order valence-corrected chi connectivity index (χ1v) is 6.41. The summed E-state index contributed by atoms with van der Waals surface area (Å²) in [5.74, 6) is -1.26. The first kappa shape index (κ1) is 12.6. The average Bonchev–Trinajstić information content (AvgIpc) is 3.18. The lowest BCUT2D eigenvalue weighted by Gasteiger charge is -2.16. The second-order valence-corrected chi connectivity index (χ2v) is 5.12. The number of benzene rings is 1. The maximum absolute atomic E-state index is 11.8. The summed E-state index contributed by atoms with van der Waals surface area (Å²) in [5.41, 5.74) is 1.62. The highest BCUT2D eigenvalue weighted by molar-refractivity contribution is 6.08. The molecule has 0 spiro atoms. The van der Waals surface area contributed by atoms with Crippen molar-refractivity contribution in [2.24, 2.45) is 11.8 Å². The highest BCUT2D eigenvalue weighted by Crippen LogP contribution is 2.47. The van der Waals surface area contributed by atoms with Gasteiger partial charge >= 0.3 is 5.97 Å². The molecule has 2 fully saturated rings. The number of likely N-dealkylation sites (tertiary alicyclic amines) is 1. The summed E-state index contributed by atoms with van der Waals surface area (Å²) in [4.78, 5) is 35.4. The van der Waals surface area contributed by atoms with Gasteiger partial charge in [-0.2, -0.15) is 0 Å². The van der Waals surface area contributed by atoms with Gasteiger partial charge in [-0.15, -0.1) is 0 Å². The van der Waals surface area contributed by atoms with E-state index < -0.39 is 5.97 Å². The van der Waals surface area contributed by atoms with Crippen molar-refractivity contribution in [2.45, 2.75) is 13.0 Å². The van der Waals surface area contributed by atoms with Gasteiger partial charge in [0.25, 0.3) is 0 Å². The molecule has 1 aromatic carbocycles. The highest BCUT2D eigenvalue weighted by Gasteiger charge is 2.58. The zero-order valence-electron chi connectivity index (χ0n) is 10.7. The van der Waals surface area contributed by atoms with Crippen molar-refractivity contribution < 1.29 is 19.5 Å². The van der Waals surface area contributed by atoms with Crippen LogP contribution in [-0.4, -0.2) is 27.8 Å². The first-order chi connectivity index (χ1) is 9.56. The molecule has 1 aliphatic carbocycles. The van der Waals surface area contributed by atoms with Crippen LogP contribution in [0, 0.1) is 11.8 Å². The molecule has 2 atom stereocenters. The molecule has 1 heterocycles. The van der Waals surface area contributed by atoms with E-state index in [1.54, 1.807) is 24.3 Å². The van der Waals surface area contributed by atoms with Gasteiger partial charge in [0.2, 0.25) is 11.8 Å². The van der Waals surface area contributed by atoms with Crippen LogP contribution < -0.4 is 0 Å². The number of hydrogen-bond donors (Lipinski definition) is 1. The maximum atomic E-state index is 11.8. The fourth-order valence-corrected chi connectivity index (χ4v) is 2.49. The third kappa shape index (κ3) is 2.22. The lowest BCUT2D eigenvalue weighted by atomic mass is 10.1. The lowest BCUT2D eigenvalue weighted by molar-refractivity contribution is -0.142.